The lowest BCUT2D eigenvalue weighted by atomic mass is 10.2. The van der Waals surface area contributed by atoms with Crippen molar-refractivity contribution in [2.24, 2.45) is 0 Å². The molecule has 1 N–H and O–H groups in total. The molecule has 0 aliphatic carbocycles. The first-order valence-corrected chi connectivity index (χ1v) is 8.65. The molecule has 0 aliphatic heterocycles. The van der Waals surface area contributed by atoms with Crippen LogP contribution in [0.4, 0.5) is 5.69 Å². The highest BCUT2D eigenvalue weighted by molar-refractivity contribution is 5.93. The minimum Gasteiger partial charge on any atom is -0.484 e. The second kappa shape index (κ2) is 8.81. The van der Waals surface area contributed by atoms with E-state index in [-0.39, 0.29) is 12.5 Å². The molecule has 3 rings (SSSR count). The summed E-state index contributed by atoms with van der Waals surface area (Å²) in [5.74, 6) is 0.728. The minimum atomic E-state index is -0.400. The maximum Gasteiger partial charge on any atom is 0.338 e. The van der Waals surface area contributed by atoms with Crippen LogP contribution in [0.25, 0.3) is 11.5 Å². The normalized spacial score (nSPS) is 10.4. The fourth-order valence-electron chi connectivity index (χ4n) is 2.36. The summed E-state index contributed by atoms with van der Waals surface area (Å²) in [4.78, 5) is 23.6. The molecular weight excluding hydrogens is 362 g/mol. The van der Waals surface area contributed by atoms with E-state index in [0.717, 1.165) is 5.56 Å². The second-order valence-corrected chi connectivity index (χ2v) is 5.79. The number of nitrogens with zero attached hydrogens (tertiary/aromatic N) is 2. The van der Waals surface area contributed by atoms with Crippen LogP contribution in [-0.4, -0.2) is 35.3 Å². The van der Waals surface area contributed by atoms with Crippen molar-refractivity contribution < 1.29 is 23.5 Å². The highest BCUT2D eigenvalue weighted by atomic mass is 16.5. The van der Waals surface area contributed by atoms with Crippen LogP contribution in [0.2, 0.25) is 0 Å². The third-order valence-electron chi connectivity index (χ3n) is 3.68. The summed E-state index contributed by atoms with van der Waals surface area (Å²) >= 11 is 0. The van der Waals surface area contributed by atoms with E-state index in [1.807, 2.05) is 0 Å². The molecule has 1 amide bonds. The van der Waals surface area contributed by atoms with Gasteiger partial charge in [-0.2, -0.15) is 0 Å². The Kier molecular flexibility index (Phi) is 6.01. The van der Waals surface area contributed by atoms with Crippen molar-refractivity contribution in [2.75, 3.05) is 18.5 Å². The van der Waals surface area contributed by atoms with Crippen LogP contribution in [0.15, 0.2) is 52.9 Å². The summed E-state index contributed by atoms with van der Waals surface area (Å²) in [6, 6.07) is 13.4. The van der Waals surface area contributed by atoms with E-state index >= 15 is 0 Å². The maximum atomic E-state index is 12.0. The standard InChI is InChI=1S/C20H19N3O5/c1-3-26-20(25)15-4-8-16(9-5-15)21-18(24)12-27-17-10-6-14(7-11-17)19-23-22-13(2)28-19/h4-11H,3,12H2,1-2H3,(H,21,24). The Morgan fingerprint density at radius 1 is 1.04 bits per heavy atom. The molecule has 0 aliphatic rings. The summed E-state index contributed by atoms with van der Waals surface area (Å²) in [5, 5.41) is 10.4. The van der Waals surface area contributed by atoms with Crippen LogP contribution in [0.1, 0.15) is 23.2 Å². The monoisotopic (exact) mass is 381 g/mol. The number of carbonyl (C=O) groups is 2. The minimum absolute atomic E-state index is 0.154. The van der Waals surface area contributed by atoms with Gasteiger partial charge in [-0.05, 0) is 55.5 Å². The lowest BCUT2D eigenvalue weighted by molar-refractivity contribution is -0.118. The summed E-state index contributed by atoms with van der Waals surface area (Å²) < 4.78 is 15.7. The van der Waals surface area contributed by atoms with Crippen molar-refractivity contribution in [3.63, 3.8) is 0 Å². The summed E-state index contributed by atoms with van der Waals surface area (Å²) in [6.07, 6.45) is 0. The van der Waals surface area contributed by atoms with Gasteiger partial charge in [0.25, 0.3) is 5.91 Å². The molecule has 8 nitrogen and oxygen atoms in total. The lowest BCUT2D eigenvalue weighted by Crippen LogP contribution is -2.20. The topological polar surface area (TPSA) is 104 Å². The van der Waals surface area contributed by atoms with E-state index < -0.39 is 5.97 Å². The molecule has 0 saturated carbocycles. The first-order valence-electron chi connectivity index (χ1n) is 8.65. The van der Waals surface area contributed by atoms with Crippen molar-refractivity contribution in [2.45, 2.75) is 13.8 Å². The molecule has 144 valence electrons. The van der Waals surface area contributed by atoms with Gasteiger partial charge in [0.1, 0.15) is 5.75 Å². The van der Waals surface area contributed by atoms with E-state index in [1.54, 1.807) is 62.4 Å². The molecule has 0 fully saturated rings. The molecule has 1 heterocycles. The average molecular weight is 381 g/mol. The first-order chi connectivity index (χ1) is 13.5. The van der Waals surface area contributed by atoms with Crippen LogP contribution in [0.3, 0.4) is 0 Å². The van der Waals surface area contributed by atoms with Gasteiger partial charge in [-0.25, -0.2) is 4.79 Å². The highest BCUT2D eigenvalue weighted by Gasteiger charge is 2.09. The molecule has 0 saturated heterocycles. The molecule has 28 heavy (non-hydrogen) atoms. The van der Waals surface area contributed by atoms with E-state index in [4.69, 9.17) is 13.9 Å². The number of aromatic nitrogens is 2. The fraction of sp³-hybridized carbons (Fsp3) is 0.200. The molecule has 2 aromatic carbocycles. The van der Waals surface area contributed by atoms with Gasteiger partial charge in [0.05, 0.1) is 12.2 Å². The number of hydrogen-bond donors (Lipinski definition) is 1. The Morgan fingerprint density at radius 2 is 1.75 bits per heavy atom. The van der Waals surface area contributed by atoms with E-state index in [9.17, 15) is 9.59 Å². The molecule has 0 bridgehead atoms. The van der Waals surface area contributed by atoms with E-state index in [2.05, 4.69) is 15.5 Å². The number of hydrogen-bond acceptors (Lipinski definition) is 7. The molecular formula is C20H19N3O5. The number of aryl methyl sites for hydroxylation is 1. The number of esters is 1. The highest BCUT2D eigenvalue weighted by Crippen LogP contribution is 2.21. The van der Waals surface area contributed by atoms with Crippen molar-refractivity contribution in [3.05, 3.63) is 60.0 Å². The molecule has 8 heteroatoms. The Hall–Kier alpha value is -3.68. The zero-order chi connectivity index (χ0) is 19.9. The van der Waals surface area contributed by atoms with Gasteiger partial charge in [-0.1, -0.05) is 0 Å². The molecule has 0 atom stereocenters. The Morgan fingerprint density at radius 3 is 2.36 bits per heavy atom. The lowest BCUT2D eigenvalue weighted by Gasteiger charge is -2.08. The first kappa shape index (κ1) is 19.1. The Labute approximate surface area is 161 Å². The van der Waals surface area contributed by atoms with Gasteiger partial charge in [0.2, 0.25) is 11.8 Å². The van der Waals surface area contributed by atoms with E-state index in [0.29, 0.717) is 35.4 Å². The summed E-state index contributed by atoms with van der Waals surface area (Å²) in [7, 11) is 0. The molecule has 1 aromatic heterocycles. The number of amides is 1. The van der Waals surface area contributed by atoms with Gasteiger partial charge < -0.3 is 19.2 Å². The van der Waals surface area contributed by atoms with Crippen LogP contribution < -0.4 is 10.1 Å². The van der Waals surface area contributed by atoms with Gasteiger partial charge in [-0.15, -0.1) is 10.2 Å². The third kappa shape index (κ3) is 4.94. The predicted molar refractivity (Wildman–Crippen MR) is 101 cm³/mol. The number of anilines is 1. The predicted octanol–water partition coefficient (Wildman–Crippen LogP) is 3.24. The van der Waals surface area contributed by atoms with Crippen molar-refractivity contribution in [3.8, 4) is 17.2 Å². The fourth-order valence-corrected chi connectivity index (χ4v) is 2.36. The van der Waals surface area contributed by atoms with Crippen LogP contribution in [0.5, 0.6) is 5.75 Å². The Bertz CT molecular complexity index is 949. The SMILES string of the molecule is CCOC(=O)c1ccc(NC(=O)COc2ccc(-c3nnc(C)o3)cc2)cc1. The van der Waals surface area contributed by atoms with Crippen molar-refractivity contribution >= 4 is 17.6 Å². The molecule has 0 spiro atoms. The van der Waals surface area contributed by atoms with Crippen LogP contribution in [-0.2, 0) is 9.53 Å². The number of rotatable bonds is 7. The molecule has 0 radical (unpaired) electrons. The number of nitrogens with one attached hydrogen (secondary N) is 1. The zero-order valence-electron chi connectivity index (χ0n) is 15.5. The van der Waals surface area contributed by atoms with Gasteiger partial charge in [0, 0.05) is 18.2 Å². The number of carbonyl (C=O) groups excluding carboxylic acids is 2. The van der Waals surface area contributed by atoms with E-state index in [1.165, 1.54) is 0 Å². The largest absolute Gasteiger partial charge is 0.484 e. The third-order valence-corrected chi connectivity index (χ3v) is 3.68. The molecule has 0 unspecified atom stereocenters. The maximum absolute atomic E-state index is 12.0. The number of ether oxygens (including phenoxy) is 2. The summed E-state index contributed by atoms with van der Waals surface area (Å²) in [5.41, 5.74) is 1.75. The van der Waals surface area contributed by atoms with Crippen LogP contribution in [0, 0.1) is 6.92 Å². The van der Waals surface area contributed by atoms with Gasteiger partial charge >= 0.3 is 5.97 Å². The van der Waals surface area contributed by atoms with Gasteiger partial charge in [-0.3, -0.25) is 4.79 Å². The average Bonchev–Trinajstić information content (AvgIpc) is 3.14. The van der Waals surface area contributed by atoms with Crippen molar-refractivity contribution in [1.29, 1.82) is 0 Å². The van der Waals surface area contributed by atoms with Crippen LogP contribution >= 0.6 is 0 Å². The summed E-state index contributed by atoms with van der Waals surface area (Å²) in [6.45, 7) is 3.62. The molecule has 3 aromatic rings. The van der Waals surface area contributed by atoms with Crippen molar-refractivity contribution in [1.82, 2.24) is 10.2 Å². The van der Waals surface area contributed by atoms with Gasteiger partial charge in [0.15, 0.2) is 6.61 Å². The smallest absolute Gasteiger partial charge is 0.338 e. The number of benzene rings is 2. The Balaban J connectivity index is 1.50. The second-order valence-electron chi connectivity index (χ2n) is 5.79. The quantitative estimate of drug-likeness (QED) is 0.627. The zero-order valence-corrected chi connectivity index (χ0v) is 15.5.